The van der Waals surface area contributed by atoms with E-state index in [2.05, 4.69) is 15.6 Å². The number of nitrogens with zero attached hydrogens (tertiary/aromatic N) is 2. The van der Waals surface area contributed by atoms with Gasteiger partial charge in [-0.25, -0.2) is 4.98 Å². The normalized spacial score (nSPS) is 15.8. The van der Waals surface area contributed by atoms with Gasteiger partial charge in [-0.2, -0.15) is 0 Å². The SMILES string of the molecule is Cc1ccc2c(n1)N(C)[C@@H](c1ccc(NC(=O)c3ccc(C)o3)cc1)NC2=O. The van der Waals surface area contributed by atoms with Gasteiger partial charge in [-0.15, -0.1) is 0 Å². The molecule has 0 radical (unpaired) electrons. The van der Waals surface area contributed by atoms with Crippen LogP contribution in [0.25, 0.3) is 0 Å². The minimum Gasteiger partial charge on any atom is -0.456 e. The van der Waals surface area contributed by atoms with Crippen molar-refractivity contribution in [2.75, 3.05) is 17.3 Å². The highest BCUT2D eigenvalue weighted by molar-refractivity contribution is 6.02. The van der Waals surface area contributed by atoms with Gasteiger partial charge in [0, 0.05) is 18.4 Å². The second-order valence-electron chi connectivity index (χ2n) is 6.80. The van der Waals surface area contributed by atoms with Gasteiger partial charge < -0.3 is 20.0 Å². The number of aryl methyl sites for hydroxylation is 2. The molecule has 7 nitrogen and oxygen atoms in total. The molecule has 0 fully saturated rings. The van der Waals surface area contributed by atoms with Gasteiger partial charge >= 0.3 is 0 Å². The molecule has 3 heterocycles. The number of hydrogen-bond acceptors (Lipinski definition) is 5. The summed E-state index contributed by atoms with van der Waals surface area (Å²) in [5, 5.41) is 5.79. The summed E-state index contributed by atoms with van der Waals surface area (Å²) in [6.07, 6.45) is -0.341. The Morgan fingerprint density at radius 1 is 1.11 bits per heavy atom. The molecule has 7 heteroatoms. The molecule has 2 aromatic heterocycles. The summed E-state index contributed by atoms with van der Waals surface area (Å²) in [6.45, 7) is 3.68. The van der Waals surface area contributed by atoms with Gasteiger partial charge in [0.25, 0.3) is 11.8 Å². The minimum atomic E-state index is -0.341. The molecule has 1 aliphatic heterocycles. The van der Waals surface area contributed by atoms with E-state index >= 15 is 0 Å². The van der Waals surface area contributed by atoms with Crippen molar-refractivity contribution in [3.63, 3.8) is 0 Å². The average Bonchev–Trinajstić information content (AvgIpc) is 3.12. The fraction of sp³-hybridized carbons (Fsp3) is 0.190. The Balaban J connectivity index is 1.54. The first-order valence-corrected chi connectivity index (χ1v) is 8.91. The first kappa shape index (κ1) is 17.8. The standard InChI is InChI=1S/C21H20N4O3/c1-12-4-10-16-19(22-12)25(3)18(24-20(16)26)14-6-8-15(9-7-14)23-21(27)17-11-5-13(2)28-17/h4-11,18H,1-3H3,(H,23,27)(H,24,26)/t18-/m0/s1. The van der Waals surface area contributed by atoms with Crippen molar-refractivity contribution < 1.29 is 14.0 Å². The van der Waals surface area contributed by atoms with Crippen molar-refractivity contribution in [1.29, 1.82) is 0 Å². The lowest BCUT2D eigenvalue weighted by Gasteiger charge is -2.35. The van der Waals surface area contributed by atoms with Crippen molar-refractivity contribution in [3.05, 3.63) is 76.9 Å². The highest BCUT2D eigenvalue weighted by Gasteiger charge is 2.30. The van der Waals surface area contributed by atoms with Crippen LogP contribution in [0.2, 0.25) is 0 Å². The highest BCUT2D eigenvalue weighted by Crippen LogP contribution is 2.30. The molecule has 4 rings (SSSR count). The number of benzene rings is 1. The third-order valence-electron chi connectivity index (χ3n) is 4.70. The number of pyridine rings is 1. The summed E-state index contributed by atoms with van der Waals surface area (Å²) in [4.78, 5) is 31.1. The van der Waals surface area contributed by atoms with Crippen LogP contribution < -0.4 is 15.5 Å². The Hall–Kier alpha value is -3.61. The minimum absolute atomic E-state index is 0.156. The lowest BCUT2D eigenvalue weighted by Crippen LogP contribution is -2.45. The van der Waals surface area contributed by atoms with Crippen LogP contribution in [0.3, 0.4) is 0 Å². The van der Waals surface area contributed by atoms with E-state index in [-0.39, 0.29) is 23.7 Å². The van der Waals surface area contributed by atoms with Gasteiger partial charge in [0.1, 0.15) is 17.7 Å². The quantitative estimate of drug-likeness (QED) is 0.731. The maximum absolute atomic E-state index is 12.5. The Kier molecular flexibility index (Phi) is 4.35. The Bertz CT molecular complexity index is 1060. The average molecular weight is 376 g/mol. The van der Waals surface area contributed by atoms with Crippen molar-refractivity contribution in [3.8, 4) is 0 Å². The number of anilines is 2. The Labute approximate surface area is 162 Å². The molecule has 2 amide bonds. The number of furan rings is 1. The molecule has 1 aliphatic rings. The van der Waals surface area contributed by atoms with Gasteiger partial charge in [-0.05, 0) is 55.8 Å². The lowest BCUT2D eigenvalue weighted by atomic mass is 10.1. The second kappa shape index (κ2) is 6.84. The first-order valence-electron chi connectivity index (χ1n) is 8.91. The molecule has 0 saturated heterocycles. The molecule has 0 saturated carbocycles. The number of amides is 2. The number of carbonyl (C=O) groups is 2. The number of hydrogen-bond donors (Lipinski definition) is 2. The molecule has 3 aromatic rings. The van der Waals surface area contributed by atoms with E-state index in [1.54, 1.807) is 37.3 Å². The number of fused-ring (bicyclic) bond motifs is 1. The fourth-order valence-electron chi connectivity index (χ4n) is 3.22. The summed E-state index contributed by atoms with van der Waals surface area (Å²) in [5.41, 5.74) is 2.94. The Morgan fingerprint density at radius 2 is 1.86 bits per heavy atom. The van der Waals surface area contributed by atoms with Gasteiger partial charge in [0.2, 0.25) is 0 Å². The maximum Gasteiger partial charge on any atom is 0.291 e. The van der Waals surface area contributed by atoms with Gasteiger partial charge in [0.05, 0.1) is 5.56 Å². The van der Waals surface area contributed by atoms with Crippen LogP contribution in [0.4, 0.5) is 11.5 Å². The largest absolute Gasteiger partial charge is 0.456 e. The van der Waals surface area contributed by atoms with E-state index in [1.165, 1.54) is 0 Å². The maximum atomic E-state index is 12.5. The summed E-state index contributed by atoms with van der Waals surface area (Å²) >= 11 is 0. The molecule has 1 aromatic carbocycles. The van der Waals surface area contributed by atoms with Crippen molar-refractivity contribution in [2.45, 2.75) is 20.0 Å². The zero-order chi connectivity index (χ0) is 19.8. The van der Waals surface area contributed by atoms with E-state index in [4.69, 9.17) is 4.42 Å². The summed E-state index contributed by atoms with van der Waals surface area (Å²) in [5.74, 6) is 1.13. The molecular formula is C21H20N4O3. The van der Waals surface area contributed by atoms with Crippen LogP contribution in [-0.4, -0.2) is 23.8 Å². The predicted molar refractivity (Wildman–Crippen MR) is 105 cm³/mol. The van der Waals surface area contributed by atoms with E-state index in [9.17, 15) is 9.59 Å². The van der Waals surface area contributed by atoms with Crippen LogP contribution >= 0.6 is 0 Å². The Morgan fingerprint density at radius 3 is 2.54 bits per heavy atom. The molecule has 0 aliphatic carbocycles. The third kappa shape index (κ3) is 3.22. The molecule has 0 unspecified atom stereocenters. The summed E-state index contributed by atoms with van der Waals surface area (Å²) < 4.78 is 5.33. The molecule has 2 N–H and O–H groups in total. The van der Waals surface area contributed by atoms with E-state index in [1.807, 2.05) is 37.1 Å². The summed E-state index contributed by atoms with van der Waals surface area (Å²) in [6, 6.07) is 14.3. The van der Waals surface area contributed by atoms with Crippen LogP contribution in [0.15, 0.2) is 52.9 Å². The third-order valence-corrected chi connectivity index (χ3v) is 4.70. The monoisotopic (exact) mass is 376 g/mol. The van der Waals surface area contributed by atoms with Crippen LogP contribution in [0, 0.1) is 13.8 Å². The molecule has 1 atom stereocenters. The molecule has 28 heavy (non-hydrogen) atoms. The van der Waals surface area contributed by atoms with Crippen LogP contribution in [-0.2, 0) is 0 Å². The molecule has 142 valence electrons. The smallest absolute Gasteiger partial charge is 0.291 e. The number of carbonyl (C=O) groups excluding carboxylic acids is 2. The van der Waals surface area contributed by atoms with Gasteiger partial charge in [-0.1, -0.05) is 12.1 Å². The van der Waals surface area contributed by atoms with E-state index in [0.29, 0.717) is 22.8 Å². The first-order chi connectivity index (χ1) is 13.4. The molecular weight excluding hydrogens is 356 g/mol. The lowest BCUT2D eigenvalue weighted by molar-refractivity contribution is 0.0926. The highest BCUT2D eigenvalue weighted by atomic mass is 16.3. The summed E-state index contributed by atoms with van der Waals surface area (Å²) in [7, 11) is 1.89. The zero-order valence-corrected chi connectivity index (χ0v) is 15.8. The van der Waals surface area contributed by atoms with Gasteiger partial charge in [-0.3, -0.25) is 9.59 Å². The van der Waals surface area contributed by atoms with E-state index in [0.717, 1.165) is 11.3 Å². The molecule has 0 bridgehead atoms. The van der Waals surface area contributed by atoms with Crippen LogP contribution in [0.1, 0.15) is 44.1 Å². The number of aromatic nitrogens is 1. The van der Waals surface area contributed by atoms with Gasteiger partial charge in [0.15, 0.2) is 5.76 Å². The number of nitrogens with one attached hydrogen (secondary N) is 2. The van der Waals surface area contributed by atoms with Crippen LogP contribution in [0.5, 0.6) is 0 Å². The zero-order valence-electron chi connectivity index (χ0n) is 15.8. The van der Waals surface area contributed by atoms with E-state index < -0.39 is 0 Å². The fourth-order valence-corrected chi connectivity index (χ4v) is 3.22. The number of rotatable bonds is 3. The predicted octanol–water partition coefficient (Wildman–Crippen LogP) is 3.42. The van der Waals surface area contributed by atoms with Crippen molar-refractivity contribution in [1.82, 2.24) is 10.3 Å². The van der Waals surface area contributed by atoms with Crippen molar-refractivity contribution in [2.24, 2.45) is 0 Å². The second-order valence-corrected chi connectivity index (χ2v) is 6.80. The van der Waals surface area contributed by atoms with Crippen molar-refractivity contribution >= 4 is 23.3 Å². The topological polar surface area (TPSA) is 87.5 Å². The molecule has 0 spiro atoms.